The van der Waals surface area contributed by atoms with Crippen molar-refractivity contribution < 1.29 is 5.11 Å². The molecule has 1 heterocycles. The predicted molar refractivity (Wildman–Crippen MR) is 34.7 cm³/mol. The van der Waals surface area contributed by atoms with Crippen molar-refractivity contribution in [3.63, 3.8) is 0 Å². The molecule has 0 aliphatic rings. The quantitative estimate of drug-likeness (QED) is 0.600. The second-order valence-electron chi connectivity index (χ2n) is 1.56. The number of aromatic amines is 1. The topological polar surface area (TPSA) is 48.9 Å². The molecule has 0 aliphatic carbocycles. The molecule has 0 saturated heterocycles. The number of rotatable bonds is 2. The second-order valence-corrected chi connectivity index (χ2v) is 1.56. The van der Waals surface area contributed by atoms with Crippen LogP contribution < -0.4 is 0 Å². The van der Waals surface area contributed by atoms with Crippen molar-refractivity contribution in [1.82, 2.24) is 9.97 Å². The Hall–Kier alpha value is -1.09. The Labute approximate surface area is 53.1 Å². The molecule has 0 radical (unpaired) electrons. The van der Waals surface area contributed by atoms with E-state index in [1.54, 1.807) is 24.5 Å². The van der Waals surface area contributed by atoms with Gasteiger partial charge in [0.2, 0.25) is 0 Å². The minimum atomic E-state index is 0.0562. The lowest BCUT2D eigenvalue weighted by Gasteiger charge is -1.79. The fraction of sp³-hybridized carbons (Fsp3) is 0.167. The number of aliphatic hydroxyl groups excluding tert-OH is 1. The zero-order valence-corrected chi connectivity index (χ0v) is 4.91. The number of hydrogen-bond acceptors (Lipinski definition) is 2. The van der Waals surface area contributed by atoms with Crippen LogP contribution in [0.15, 0.2) is 18.5 Å². The summed E-state index contributed by atoms with van der Waals surface area (Å²) in [6.45, 7) is 0.0562. The first-order valence-electron chi connectivity index (χ1n) is 2.70. The van der Waals surface area contributed by atoms with E-state index in [2.05, 4.69) is 9.97 Å². The highest BCUT2D eigenvalue weighted by atomic mass is 16.2. The van der Waals surface area contributed by atoms with Crippen molar-refractivity contribution in [2.24, 2.45) is 0 Å². The fourth-order valence-electron chi connectivity index (χ4n) is 0.533. The summed E-state index contributed by atoms with van der Waals surface area (Å²) in [7, 11) is 0. The van der Waals surface area contributed by atoms with Crippen LogP contribution in [0.5, 0.6) is 0 Å². The molecule has 0 saturated carbocycles. The summed E-state index contributed by atoms with van der Waals surface area (Å²) >= 11 is 0. The first kappa shape index (κ1) is 6.04. The van der Waals surface area contributed by atoms with Gasteiger partial charge in [-0.1, -0.05) is 6.08 Å². The predicted octanol–water partition coefficient (Wildman–Crippen LogP) is 0.415. The van der Waals surface area contributed by atoms with Crippen molar-refractivity contribution in [3.05, 3.63) is 24.3 Å². The summed E-state index contributed by atoms with van der Waals surface area (Å²) < 4.78 is 0. The van der Waals surface area contributed by atoms with Crippen LogP contribution in [0.1, 0.15) is 5.82 Å². The van der Waals surface area contributed by atoms with Gasteiger partial charge in [-0.3, -0.25) is 0 Å². The highest BCUT2D eigenvalue weighted by Crippen LogP contribution is 1.89. The maximum Gasteiger partial charge on any atom is 0.129 e. The molecule has 0 bridgehead atoms. The van der Waals surface area contributed by atoms with E-state index in [4.69, 9.17) is 5.11 Å². The number of aliphatic hydroxyl groups is 1. The lowest BCUT2D eigenvalue weighted by molar-refractivity contribution is 0.343. The zero-order chi connectivity index (χ0) is 6.53. The second kappa shape index (κ2) is 3.04. The standard InChI is InChI=1S/C6H8N2O/c9-5-1-2-6-7-3-4-8-6/h1-4,9H,5H2,(H,7,8)/b2-1+. The Balaban J connectivity index is 2.57. The van der Waals surface area contributed by atoms with Crippen molar-refractivity contribution in [1.29, 1.82) is 0 Å². The van der Waals surface area contributed by atoms with E-state index < -0.39 is 0 Å². The highest BCUT2D eigenvalue weighted by Gasteiger charge is 1.81. The average molecular weight is 124 g/mol. The number of hydrogen-bond donors (Lipinski definition) is 2. The van der Waals surface area contributed by atoms with Gasteiger partial charge in [-0.2, -0.15) is 0 Å². The maximum absolute atomic E-state index is 8.34. The molecule has 0 atom stereocenters. The molecule has 48 valence electrons. The number of nitrogens with zero attached hydrogens (tertiary/aromatic N) is 1. The van der Waals surface area contributed by atoms with Gasteiger partial charge in [0, 0.05) is 12.4 Å². The normalized spacial score (nSPS) is 10.8. The number of H-pyrrole nitrogens is 1. The maximum atomic E-state index is 8.34. The molecule has 0 fully saturated rings. The summed E-state index contributed by atoms with van der Waals surface area (Å²) in [5, 5.41) is 8.34. The molecule has 1 rings (SSSR count). The van der Waals surface area contributed by atoms with Crippen molar-refractivity contribution in [2.75, 3.05) is 6.61 Å². The lowest BCUT2D eigenvalue weighted by Crippen LogP contribution is -1.75. The third kappa shape index (κ3) is 1.70. The average Bonchev–Trinajstić information content (AvgIpc) is 2.34. The zero-order valence-electron chi connectivity index (χ0n) is 4.91. The van der Waals surface area contributed by atoms with Gasteiger partial charge >= 0.3 is 0 Å². The molecule has 0 aliphatic heterocycles. The Morgan fingerprint density at radius 3 is 3.22 bits per heavy atom. The molecule has 0 spiro atoms. The van der Waals surface area contributed by atoms with Crippen LogP contribution in [0, 0.1) is 0 Å². The van der Waals surface area contributed by atoms with E-state index in [0.29, 0.717) is 0 Å². The van der Waals surface area contributed by atoms with Gasteiger partial charge < -0.3 is 10.1 Å². The van der Waals surface area contributed by atoms with Gasteiger partial charge in [0.1, 0.15) is 5.82 Å². The Bertz CT molecular complexity index is 179. The molecule has 9 heavy (non-hydrogen) atoms. The largest absolute Gasteiger partial charge is 0.392 e. The molecule has 0 aromatic carbocycles. The van der Waals surface area contributed by atoms with Gasteiger partial charge in [-0.05, 0) is 6.08 Å². The minimum absolute atomic E-state index is 0.0562. The number of imidazole rings is 1. The SMILES string of the molecule is OC/C=C/c1ncc[nH]1. The molecular weight excluding hydrogens is 116 g/mol. The van der Waals surface area contributed by atoms with Crippen molar-refractivity contribution in [3.8, 4) is 0 Å². The van der Waals surface area contributed by atoms with Gasteiger partial charge in [0.25, 0.3) is 0 Å². The first-order chi connectivity index (χ1) is 4.43. The summed E-state index contributed by atoms with van der Waals surface area (Å²) in [5.74, 6) is 0.768. The molecule has 2 N–H and O–H groups in total. The molecule has 0 unspecified atom stereocenters. The molecule has 0 amide bonds. The fourth-order valence-corrected chi connectivity index (χ4v) is 0.533. The van der Waals surface area contributed by atoms with E-state index in [9.17, 15) is 0 Å². The molecule has 1 aromatic rings. The monoisotopic (exact) mass is 124 g/mol. The third-order valence-corrected chi connectivity index (χ3v) is 0.901. The smallest absolute Gasteiger partial charge is 0.129 e. The molecule has 1 aromatic heterocycles. The molecule has 3 heteroatoms. The van der Waals surface area contributed by atoms with E-state index >= 15 is 0 Å². The third-order valence-electron chi connectivity index (χ3n) is 0.901. The Morgan fingerprint density at radius 2 is 2.67 bits per heavy atom. The Morgan fingerprint density at radius 1 is 1.78 bits per heavy atom. The van der Waals surface area contributed by atoms with E-state index in [-0.39, 0.29) is 6.61 Å². The number of aromatic nitrogens is 2. The lowest BCUT2D eigenvalue weighted by atomic mass is 10.5. The molecular formula is C6H8N2O. The highest BCUT2D eigenvalue weighted by molar-refractivity contribution is 5.38. The molecule has 3 nitrogen and oxygen atoms in total. The van der Waals surface area contributed by atoms with E-state index in [0.717, 1.165) is 5.82 Å². The van der Waals surface area contributed by atoms with Crippen molar-refractivity contribution in [2.45, 2.75) is 0 Å². The summed E-state index contributed by atoms with van der Waals surface area (Å²) in [5.41, 5.74) is 0. The van der Waals surface area contributed by atoms with Gasteiger partial charge in [0.15, 0.2) is 0 Å². The minimum Gasteiger partial charge on any atom is -0.392 e. The number of nitrogens with one attached hydrogen (secondary N) is 1. The van der Waals surface area contributed by atoms with Crippen LogP contribution in [-0.2, 0) is 0 Å². The van der Waals surface area contributed by atoms with Crippen LogP contribution in [0.25, 0.3) is 6.08 Å². The van der Waals surface area contributed by atoms with Crippen molar-refractivity contribution >= 4 is 6.08 Å². The van der Waals surface area contributed by atoms with Crippen LogP contribution in [0.3, 0.4) is 0 Å². The van der Waals surface area contributed by atoms with E-state index in [1.807, 2.05) is 0 Å². The van der Waals surface area contributed by atoms with Gasteiger partial charge in [-0.25, -0.2) is 4.98 Å². The first-order valence-corrected chi connectivity index (χ1v) is 2.70. The van der Waals surface area contributed by atoms with E-state index in [1.165, 1.54) is 0 Å². The van der Waals surface area contributed by atoms with Crippen LogP contribution in [0.4, 0.5) is 0 Å². The van der Waals surface area contributed by atoms with Gasteiger partial charge in [-0.15, -0.1) is 0 Å². The van der Waals surface area contributed by atoms with Crippen LogP contribution in [0.2, 0.25) is 0 Å². The summed E-state index contributed by atoms with van der Waals surface area (Å²) in [6.07, 6.45) is 6.74. The Kier molecular flexibility index (Phi) is 2.04. The summed E-state index contributed by atoms with van der Waals surface area (Å²) in [4.78, 5) is 6.76. The summed E-state index contributed by atoms with van der Waals surface area (Å²) in [6, 6.07) is 0. The van der Waals surface area contributed by atoms with Gasteiger partial charge in [0.05, 0.1) is 6.61 Å². The van der Waals surface area contributed by atoms with Crippen LogP contribution in [-0.4, -0.2) is 21.7 Å². The van der Waals surface area contributed by atoms with Crippen LogP contribution >= 0.6 is 0 Å².